The minimum atomic E-state index is -1.05. The van der Waals surface area contributed by atoms with Gasteiger partial charge in [-0.3, -0.25) is 10.4 Å². The third-order valence-electron chi connectivity index (χ3n) is 5.21. The van der Waals surface area contributed by atoms with Gasteiger partial charge in [0.2, 0.25) is 5.79 Å². The summed E-state index contributed by atoms with van der Waals surface area (Å²) in [5.41, 5.74) is 9.47. The molecule has 8 nitrogen and oxygen atoms in total. The Balaban J connectivity index is 1.67. The van der Waals surface area contributed by atoms with E-state index < -0.39 is 5.79 Å². The van der Waals surface area contributed by atoms with E-state index in [0.717, 1.165) is 54.2 Å². The molecule has 4 rings (SSSR count). The van der Waals surface area contributed by atoms with E-state index in [1.807, 2.05) is 49.9 Å². The zero-order valence-electron chi connectivity index (χ0n) is 16.3. The number of nitrogens with zero attached hydrogens (tertiary/aromatic N) is 3. The first-order valence-electron chi connectivity index (χ1n) is 9.55. The highest BCUT2D eigenvalue weighted by molar-refractivity contribution is 6.23. The van der Waals surface area contributed by atoms with E-state index >= 15 is 0 Å². The first-order valence-corrected chi connectivity index (χ1v) is 9.55. The first-order chi connectivity index (χ1) is 13.6. The van der Waals surface area contributed by atoms with Crippen LogP contribution in [0.2, 0.25) is 0 Å². The van der Waals surface area contributed by atoms with Crippen molar-refractivity contribution in [3.8, 4) is 5.75 Å². The Morgan fingerprint density at radius 1 is 1.25 bits per heavy atom. The van der Waals surface area contributed by atoms with Gasteiger partial charge in [-0.05, 0) is 50.2 Å². The molecule has 3 heterocycles. The SMILES string of the molecule is COc1ccc(C2(N)N=C(NC3CCNCC3)C(c3cnn(C)c3)=CN2)cc1. The third kappa shape index (κ3) is 3.74. The predicted octanol–water partition coefficient (Wildman–Crippen LogP) is 0.882. The average molecular weight is 381 g/mol. The number of amidine groups is 1. The van der Waals surface area contributed by atoms with Crippen LogP contribution in [0.25, 0.3) is 5.57 Å². The number of aliphatic imine (C=N–C) groups is 1. The van der Waals surface area contributed by atoms with Crippen molar-refractivity contribution in [3.63, 3.8) is 0 Å². The molecule has 5 N–H and O–H groups in total. The molecular formula is C20H27N7O. The van der Waals surface area contributed by atoms with Gasteiger partial charge in [0, 0.05) is 42.2 Å². The highest BCUT2D eigenvalue weighted by atomic mass is 16.5. The summed E-state index contributed by atoms with van der Waals surface area (Å²) in [6.45, 7) is 2.00. The van der Waals surface area contributed by atoms with Crippen molar-refractivity contribution in [2.75, 3.05) is 20.2 Å². The third-order valence-corrected chi connectivity index (χ3v) is 5.21. The zero-order chi connectivity index (χ0) is 19.6. The summed E-state index contributed by atoms with van der Waals surface area (Å²) >= 11 is 0. The maximum Gasteiger partial charge on any atom is 0.211 e. The topological polar surface area (TPSA) is 102 Å². The van der Waals surface area contributed by atoms with Gasteiger partial charge in [0.1, 0.15) is 11.6 Å². The Hall–Kier alpha value is -2.84. The highest BCUT2D eigenvalue weighted by Crippen LogP contribution is 2.27. The van der Waals surface area contributed by atoms with Gasteiger partial charge in [-0.2, -0.15) is 5.10 Å². The number of benzene rings is 1. The minimum Gasteiger partial charge on any atom is -0.497 e. The summed E-state index contributed by atoms with van der Waals surface area (Å²) in [5.74, 6) is 0.525. The second-order valence-corrected chi connectivity index (χ2v) is 7.23. The van der Waals surface area contributed by atoms with Crippen LogP contribution in [0, 0.1) is 0 Å². The molecule has 1 fully saturated rings. The summed E-state index contributed by atoms with van der Waals surface area (Å²) in [6.07, 6.45) is 7.84. The van der Waals surface area contributed by atoms with Crippen molar-refractivity contribution in [1.82, 2.24) is 25.7 Å². The van der Waals surface area contributed by atoms with E-state index in [9.17, 15) is 0 Å². The molecule has 28 heavy (non-hydrogen) atoms. The van der Waals surface area contributed by atoms with E-state index in [2.05, 4.69) is 21.0 Å². The quantitative estimate of drug-likeness (QED) is 0.627. The normalized spacial score (nSPS) is 22.8. The number of aromatic nitrogens is 2. The van der Waals surface area contributed by atoms with Crippen LogP contribution >= 0.6 is 0 Å². The van der Waals surface area contributed by atoms with Gasteiger partial charge in [-0.25, -0.2) is 4.99 Å². The molecule has 0 spiro atoms. The molecule has 1 unspecified atom stereocenters. The number of hydrogen-bond acceptors (Lipinski definition) is 7. The molecule has 8 heteroatoms. The molecule has 0 saturated carbocycles. The molecule has 2 aliphatic rings. The maximum absolute atomic E-state index is 6.66. The number of nitrogens with one attached hydrogen (secondary N) is 3. The second-order valence-electron chi connectivity index (χ2n) is 7.23. The Morgan fingerprint density at radius 2 is 2.00 bits per heavy atom. The van der Waals surface area contributed by atoms with Crippen LogP contribution in [0.5, 0.6) is 5.75 Å². The number of hydrogen-bond donors (Lipinski definition) is 4. The molecule has 2 aliphatic heterocycles. The zero-order valence-corrected chi connectivity index (χ0v) is 16.3. The van der Waals surface area contributed by atoms with Gasteiger partial charge in [0.25, 0.3) is 0 Å². The molecule has 0 aliphatic carbocycles. The van der Waals surface area contributed by atoms with Crippen LogP contribution in [0.4, 0.5) is 0 Å². The lowest BCUT2D eigenvalue weighted by molar-refractivity contribution is 0.395. The second kappa shape index (κ2) is 7.65. The van der Waals surface area contributed by atoms with E-state index in [1.165, 1.54) is 0 Å². The van der Waals surface area contributed by atoms with Crippen molar-refractivity contribution in [2.45, 2.75) is 24.7 Å². The highest BCUT2D eigenvalue weighted by Gasteiger charge is 2.32. The van der Waals surface area contributed by atoms with Crippen LogP contribution in [-0.2, 0) is 12.8 Å². The van der Waals surface area contributed by atoms with Crippen LogP contribution in [0.15, 0.2) is 47.9 Å². The molecule has 0 radical (unpaired) electrons. The molecular weight excluding hydrogens is 354 g/mol. The van der Waals surface area contributed by atoms with E-state index in [4.69, 9.17) is 15.5 Å². The van der Waals surface area contributed by atoms with E-state index in [1.54, 1.807) is 11.8 Å². The van der Waals surface area contributed by atoms with Crippen molar-refractivity contribution in [1.29, 1.82) is 0 Å². The fourth-order valence-corrected chi connectivity index (χ4v) is 3.56. The molecule has 1 atom stereocenters. The Bertz CT molecular complexity index is 880. The fourth-order valence-electron chi connectivity index (χ4n) is 3.56. The molecule has 148 valence electrons. The summed E-state index contributed by atoms with van der Waals surface area (Å²) in [7, 11) is 3.55. The van der Waals surface area contributed by atoms with Crippen molar-refractivity contribution in [2.24, 2.45) is 17.8 Å². The van der Waals surface area contributed by atoms with E-state index in [0.29, 0.717) is 6.04 Å². The standard InChI is InChI=1S/C20H27N7O/c1-27-13-14(11-24-27)18-12-23-20(21,15-3-5-17(28-2)6-4-15)26-19(18)25-16-7-9-22-10-8-16/h3-6,11-13,16,22-23H,7-10,21H2,1-2H3,(H,25,26). The lowest BCUT2D eigenvalue weighted by atomic mass is 10.0. The fraction of sp³-hybridized carbons (Fsp3) is 0.400. The summed E-state index contributed by atoms with van der Waals surface area (Å²) in [6, 6.07) is 8.00. The summed E-state index contributed by atoms with van der Waals surface area (Å²) < 4.78 is 7.04. The number of aryl methyl sites for hydroxylation is 1. The lowest BCUT2D eigenvalue weighted by Crippen LogP contribution is -2.52. The van der Waals surface area contributed by atoms with Crippen LogP contribution in [0.3, 0.4) is 0 Å². The molecule has 0 amide bonds. The monoisotopic (exact) mass is 381 g/mol. The number of methoxy groups -OCH3 is 1. The molecule has 1 aromatic carbocycles. The van der Waals surface area contributed by atoms with Gasteiger partial charge in [0.05, 0.1) is 13.3 Å². The van der Waals surface area contributed by atoms with Gasteiger partial charge in [-0.1, -0.05) is 0 Å². The molecule has 1 aromatic heterocycles. The molecule has 1 saturated heterocycles. The van der Waals surface area contributed by atoms with Gasteiger partial charge < -0.3 is 20.7 Å². The molecule has 0 bridgehead atoms. The molecule has 2 aromatic rings. The number of piperidine rings is 1. The van der Waals surface area contributed by atoms with Crippen LogP contribution < -0.4 is 26.4 Å². The number of ether oxygens (including phenoxy) is 1. The van der Waals surface area contributed by atoms with Crippen LogP contribution in [-0.4, -0.2) is 41.9 Å². The largest absolute Gasteiger partial charge is 0.497 e. The Labute approximate surface area is 164 Å². The Morgan fingerprint density at radius 3 is 2.64 bits per heavy atom. The predicted molar refractivity (Wildman–Crippen MR) is 110 cm³/mol. The number of nitrogens with two attached hydrogens (primary N) is 1. The average Bonchev–Trinajstić information content (AvgIpc) is 3.15. The van der Waals surface area contributed by atoms with E-state index in [-0.39, 0.29) is 0 Å². The summed E-state index contributed by atoms with van der Waals surface area (Å²) in [5, 5.41) is 14.6. The van der Waals surface area contributed by atoms with Gasteiger partial charge >= 0.3 is 0 Å². The smallest absolute Gasteiger partial charge is 0.211 e. The van der Waals surface area contributed by atoms with Crippen molar-refractivity contribution < 1.29 is 4.74 Å². The maximum atomic E-state index is 6.66. The first kappa shape index (κ1) is 18.5. The van der Waals surface area contributed by atoms with Crippen molar-refractivity contribution >= 4 is 11.4 Å². The van der Waals surface area contributed by atoms with Crippen molar-refractivity contribution in [3.05, 3.63) is 54.0 Å². The summed E-state index contributed by atoms with van der Waals surface area (Å²) in [4.78, 5) is 4.91. The Kier molecular flexibility index (Phi) is 5.06. The van der Waals surface area contributed by atoms with Gasteiger partial charge in [0.15, 0.2) is 0 Å². The number of rotatable bonds is 4. The van der Waals surface area contributed by atoms with Gasteiger partial charge in [-0.15, -0.1) is 0 Å². The van der Waals surface area contributed by atoms with Crippen LogP contribution in [0.1, 0.15) is 24.0 Å². The lowest BCUT2D eigenvalue weighted by Gasteiger charge is -2.34. The minimum absolute atomic E-state index is 0.360.